The first-order valence-electron chi connectivity index (χ1n) is 10.6. The van der Waals surface area contributed by atoms with Crippen LogP contribution in [-0.4, -0.2) is 78.6 Å². The molecule has 2 aromatic carbocycles. The van der Waals surface area contributed by atoms with Crippen molar-refractivity contribution in [2.24, 2.45) is 0 Å². The van der Waals surface area contributed by atoms with Gasteiger partial charge in [-0.2, -0.15) is 0 Å². The van der Waals surface area contributed by atoms with E-state index < -0.39 is 5.82 Å². The van der Waals surface area contributed by atoms with Crippen LogP contribution in [0.5, 0.6) is 5.75 Å². The number of halogens is 1. The number of fused-ring (bicyclic) bond motifs is 1. The van der Waals surface area contributed by atoms with Crippen molar-refractivity contribution in [3.8, 4) is 5.75 Å². The summed E-state index contributed by atoms with van der Waals surface area (Å²) in [4.78, 5) is 26.8. The summed E-state index contributed by atoms with van der Waals surface area (Å²) in [7, 11) is 1.76. The van der Waals surface area contributed by atoms with E-state index in [-0.39, 0.29) is 18.3 Å². The van der Waals surface area contributed by atoms with Gasteiger partial charge in [-0.05, 0) is 30.7 Å². The summed E-state index contributed by atoms with van der Waals surface area (Å²) in [5, 5.41) is 0. The first-order valence-corrected chi connectivity index (χ1v) is 10.6. The first-order chi connectivity index (χ1) is 15.1. The van der Waals surface area contributed by atoms with Gasteiger partial charge in [0.15, 0.2) is 11.6 Å². The standard InChI is InChI=1S/C23H28FN5O2/c1-27(15-16-31-21-10-5-2-7-18(21)24)22(30)17-28-11-6-12-29(14-13-28)23-25-19-8-3-4-9-20(19)26-23/h2-5,7-10H,6,11-17H2,1H3,(H,25,26). The highest BCUT2D eigenvalue weighted by Gasteiger charge is 2.20. The predicted molar refractivity (Wildman–Crippen MR) is 119 cm³/mol. The number of carbonyl (C=O) groups excluding carboxylic acids is 1. The third-order valence-corrected chi connectivity index (χ3v) is 5.57. The maximum Gasteiger partial charge on any atom is 0.236 e. The number of amides is 1. The maximum absolute atomic E-state index is 13.6. The van der Waals surface area contributed by atoms with Crippen LogP contribution in [0.15, 0.2) is 48.5 Å². The molecular weight excluding hydrogens is 397 g/mol. The zero-order valence-corrected chi connectivity index (χ0v) is 17.8. The Hall–Kier alpha value is -3.13. The average Bonchev–Trinajstić information content (AvgIpc) is 3.07. The van der Waals surface area contributed by atoms with E-state index in [1.54, 1.807) is 30.1 Å². The van der Waals surface area contributed by atoms with Gasteiger partial charge < -0.3 is 19.5 Å². The van der Waals surface area contributed by atoms with Gasteiger partial charge in [0.05, 0.1) is 24.1 Å². The number of rotatable bonds is 7. The number of ether oxygens (including phenoxy) is 1. The minimum Gasteiger partial charge on any atom is -0.489 e. The molecule has 7 nitrogen and oxygen atoms in total. The minimum atomic E-state index is -0.393. The average molecular weight is 426 g/mol. The van der Waals surface area contributed by atoms with E-state index in [1.165, 1.54) is 6.07 Å². The Morgan fingerprint density at radius 3 is 2.77 bits per heavy atom. The molecule has 1 aliphatic heterocycles. The van der Waals surface area contributed by atoms with Gasteiger partial charge in [-0.25, -0.2) is 9.37 Å². The summed E-state index contributed by atoms with van der Waals surface area (Å²) in [6, 6.07) is 14.3. The number of hydrogen-bond acceptors (Lipinski definition) is 5. The van der Waals surface area contributed by atoms with Gasteiger partial charge >= 0.3 is 0 Å². The molecule has 4 rings (SSSR count). The number of nitrogens with zero attached hydrogens (tertiary/aromatic N) is 4. The van der Waals surface area contributed by atoms with E-state index in [0.29, 0.717) is 13.1 Å². The zero-order valence-electron chi connectivity index (χ0n) is 17.8. The molecule has 1 aromatic heterocycles. The quantitative estimate of drug-likeness (QED) is 0.631. The molecule has 31 heavy (non-hydrogen) atoms. The molecule has 8 heteroatoms. The Kier molecular flexibility index (Phi) is 6.66. The normalized spacial score (nSPS) is 15.1. The zero-order chi connectivity index (χ0) is 21.6. The molecule has 1 saturated heterocycles. The summed E-state index contributed by atoms with van der Waals surface area (Å²) >= 11 is 0. The molecule has 0 aliphatic carbocycles. The fraction of sp³-hybridized carbons (Fsp3) is 0.391. The fourth-order valence-corrected chi connectivity index (χ4v) is 3.72. The van der Waals surface area contributed by atoms with Crippen molar-refractivity contribution in [1.29, 1.82) is 0 Å². The van der Waals surface area contributed by atoms with Crippen LogP contribution in [0, 0.1) is 5.82 Å². The molecule has 0 radical (unpaired) electrons. The van der Waals surface area contributed by atoms with Crippen molar-refractivity contribution < 1.29 is 13.9 Å². The molecule has 164 valence electrons. The van der Waals surface area contributed by atoms with Crippen LogP contribution in [-0.2, 0) is 4.79 Å². The molecule has 1 fully saturated rings. The van der Waals surface area contributed by atoms with Crippen LogP contribution >= 0.6 is 0 Å². The Morgan fingerprint density at radius 1 is 1.13 bits per heavy atom. The second-order valence-corrected chi connectivity index (χ2v) is 7.79. The Bertz CT molecular complexity index is 991. The van der Waals surface area contributed by atoms with Crippen molar-refractivity contribution in [3.05, 3.63) is 54.3 Å². The smallest absolute Gasteiger partial charge is 0.236 e. The largest absolute Gasteiger partial charge is 0.489 e. The highest BCUT2D eigenvalue weighted by Crippen LogP contribution is 2.18. The van der Waals surface area contributed by atoms with Crippen LogP contribution in [0.25, 0.3) is 11.0 Å². The van der Waals surface area contributed by atoms with Gasteiger partial charge in [0, 0.05) is 33.2 Å². The molecule has 1 aliphatic rings. The summed E-state index contributed by atoms with van der Waals surface area (Å²) in [5.41, 5.74) is 2.00. The number of anilines is 1. The summed E-state index contributed by atoms with van der Waals surface area (Å²) < 4.78 is 19.1. The molecule has 0 unspecified atom stereocenters. The third kappa shape index (κ3) is 5.32. The highest BCUT2D eigenvalue weighted by molar-refractivity contribution is 5.78. The SMILES string of the molecule is CN(CCOc1ccccc1F)C(=O)CN1CCCN(c2nc3ccccc3[nH]2)CC1. The van der Waals surface area contributed by atoms with Crippen LogP contribution in [0.3, 0.4) is 0 Å². The second-order valence-electron chi connectivity index (χ2n) is 7.79. The number of aromatic amines is 1. The van der Waals surface area contributed by atoms with E-state index in [0.717, 1.165) is 49.6 Å². The molecule has 0 saturated carbocycles. The predicted octanol–water partition coefficient (Wildman–Crippen LogP) is 2.75. The number of likely N-dealkylation sites (N-methyl/N-ethyl adjacent to an activating group) is 1. The van der Waals surface area contributed by atoms with Crippen molar-refractivity contribution in [2.75, 3.05) is 57.8 Å². The van der Waals surface area contributed by atoms with E-state index in [9.17, 15) is 9.18 Å². The van der Waals surface area contributed by atoms with Crippen molar-refractivity contribution in [2.45, 2.75) is 6.42 Å². The number of hydrogen-bond donors (Lipinski definition) is 1. The van der Waals surface area contributed by atoms with E-state index in [2.05, 4.69) is 14.8 Å². The van der Waals surface area contributed by atoms with Gasteiger partial charge in [-0.3, -0.25) is 9.69 Å². The molecule has 0 spiro atoms. The van der Waals surface area contributed by atoms with Crippen LogP contribution in [0.4, 0.5) is 10.3 Å². The topological polar surface area (TPSA) is 64.7 Å². The Labute approximate surface area is 181 Å². The summed E-state index contributed by atoms with van der Waals surface area (Å²) in [5.74, 6) is 0.739. The third-order valence-electron chi connectivity index (χ3n) is 5.57. The molecule has 1 amide bonds. The van der Waals surface area contributed by atoms with Crippen molar-refractivity contribution in [3.63, 3.8) is 0 Å². The Morgan fingerprint density at radius 2 is 1.94 bits per heavy atom. The van der Waals surface area contributed by atoms with Gasteiger partial charge in [-0.15, -0.1) is 0 Å². The van der Waals surface area contributed by atoms with E-state index >= 15 is 0 Å². The van der Waals surface area contributed by atoms with Crippen molar-refractivity contribution in [1.82, 2.24) is 19.8 Å². The lowest BCUT2D eigenvalue weighted by Crippen LogP contribution is -2.41. The van der Waals surface area contributed by atoms with Crippen molar-refractivity contribution >= 4 is 22.9 Å². The number of imidazole rings is 1. The fourth-order valence-electron chi connectivity index (χ4n) is 3.72. The monoisotopic (exact) mass is 425 g/mol. The molecule has 2 heterocycles. The molecule has 1 N–H and O–H groups in total. The lowest BCUT2D eigenvalue weighted by Gasteiger charge is -2.24. The van der Waals surface area contributed by atoms with Gasteiger partial charge in [0.2, 0.25) is 11.9 Å². The highest BCUT2D eigenvalue weighted by atomic mass is 19.1. The number of aromatic nitrogens is 2. The van der Waals surface area contributed by atoms with E-state index in [4.69, 9.17) is 9.72 Å². The lowest BCUT2D eigenvalue weighted by molar-refractivity contribution is -0.131. The molecular formula is C23H28FN5O2. The molecule has 0 bridgehead atoms. The minimum absolute atomic E-state index is 0.0364. The number of nitrogens with one attached hydrogen (secondary N) is 1. The van der Waals surface area contributed by atoms with Crippen LogP contribution < -0.4 is 9.64 Å². The maximum atomic E-state index is 13.6. The summed E-state index contributed by atoms with van der Waals surface area (Å²) in [6.45, 7) is 4.40. The van der Waals surface area contributed by atoms with Crippen LogP contribution in [0.1, 0.15) is 6.42 Å². The lowest BCUT2D eigenvalue weighted by atomic mass is 10.3. The first kappa shape index (κ1) is 21.1. The second kappa shape index (κ2) is 9.78. The summed E-state index contributed by atoms with van der Waals surface area (Å²) in [6.07, 6.45) is 0.963. The number of para-hydroxylation sites is 3. The van der Waals surface area contributed by atoms with Gasteiger partial charge in [-0.1, -0.05) is 24.3 Å². The molecule has 3 aromatic rings. The number of carbonyl (C=O) groups is 1. The Balaban J connectivity index is 1.24. The van der Waals surface area contributed by atoms with Gasteiger partial charge in [0.1, 0.15) is 6.61 Å². The number of H-pyrrole nitrogens is 1. The number of benzene rings is 2. The van der Waals surface area contributed by atoms with Crippen LogP contribution in [0.2, 0.25) is 0 Å². The van der Waals surface area contributed by atoms with Gasteiger partial charge in [0.25, 0.3) is 0 Å². The van der Waals surface area contributed by atoms with E-state index in [1.807, 2.05) is 24.3 Å². The molecule has 0 atom stereocenters.